The van der Waals surface area contributed by atoms with Crippen molar-refractivity contribution in [3.8, 4) is 5.75 Å². The molecule has 0 radical (unpaired) electrons. The molecule has 0 unspecified atom stereocenters. The van der Waals surface area contributed by atoms with E-state index < -0.39 is 21.9 Å². The Hall–Kier alpha value is -3.11. The van der Waals surface area contributed by atoms with Gasteiger partial charge >= 0.3 is 5.97 Å². The Bertz CT molecular complexity index is 1140. The summed E-state index contributed by atoms with van der Waals surface area (Å²) in [6.07, 6.45) is 2.07. The van der Waals surface area contributed by atoms with E-state index >= 15 is 0 Å². The fourth-order valence-corrected chi connectivity index (χ4v) is 5.16. The lowest BCUT2D eigenvalue weighted by Crippen LogP contribution is -2.30. The van der Waals surface area contributed by atoms with Crippen LogP contribution in [0.2, 0.25) is 0 Å². The van der Waals surface area contributed by atoms with Crippen molar-refractivity contribution in [2.75, 3.05) is 37.5 Å². The number of carbonyl (C=O) groups excluding carboxylic acids is 2. The summed E-state index contributed by atoms with van der Waals surface area (Å²) in [6, 6.07) is 8.88. The van der Waals surface area contributed by atoms with Gasteiger partial charge in [0.1, 0.15) is 10.6 Å². The second kappa shape index (κ2) is 10.2. The summed E-state index contributed by atoms with van der Waals surface area (Å²) in [5.41, 5.74) is 1.67. The van der Waals surface area contributed by atoms with Crippen molar-refractivity contribution in [1.82, 2.24) is 4.72 Å². The number of anilines is 2. The SMILES string of the molecule is COC(=O)c1ccc(N2CCCC2)c(NC(=O)c2ccc(OC)c(S(=O)(=O)NC(C)C)c2)c1. The largest absolute Gasteiger partial charge is 0.495 e. The third-order valence-corrected chi connectivity index (χ3v) is 6.90. The van der Waals surface area contributed by atoms with Crippen LogP contribution in [0.15, 0.2) is 41.3 Å². The van der Waals surface area contributed by atoms with E-state index in [0.717, 1.165) is 31.6 Å². The average molecular weight is 476 g/mol. The zero-order valence-corrected chi connectivity index (χ0v) is 20.0. The molecular weight excluding hydrogens is 446 g/mol. The Balaban J connectivity index is 1.98. The van der Waals surface area contributed by atoms with Crippen molar-refractivity contribution >= 4 is 33.3 Å². The van der Waals surface area contributed by atoms with Crippen molar-refractivity contribution in [2.45, 2.75) is 37.6 Å². The molecule has 0 aromatic heterocycles. The average Bonchev–Trinajstić information content (AvgIpc) is 3.31. The molecule has 2 N–H and O–H groups in total. The van der Waals surface area contributed by atoms with E-state index in [-0.39, 0.29) is 22.3 Å². The van der Waals surface area contributed by atoms with Gasteiger partial charge < -0.3 is 19.7 Å². The van der Waals surface area contributed by atoms with E-state index in [4.69, 9.17) is 9.47 Å². The van der Waals surface area contributed by atoms with E-state index in [1.54, 1.807) is 32.0 Å². The molecule has 0 aliphatic carbocycles. The molecule has 1 aliphatic heterocycles. The van der Waals surface area contributed by atoms with E-state index in [1.807, 2.05) is 0 Å². The summed E-state index contributed by atoms with van der Waals surface area (Å²) < 4.78 is 38.0. The third-order valence-electron chi connectivity index (χ3n) is 5.22. The second-order valence-corrected chi connectivity index (χ2v) is 9.70. The zero-order valence-electron chi connectivity index (χ0n) is 19.2. The van der Waals surface area contributed by atoms with Gasteiger partial charge in [-0.25, -0.2) is 17.9 Å². The quantitative estimate of drug-likeness (QED) is 0.564. The number of nitrogens with zero attached hydrogens (tertiary/aromatic N) is 1. The Morgan fingerprint density at radius 1 is 1.00 bits per heavy atom. The van der Waals surface area contributed by atoms with Gasteiger partial charge in [-0.15, -0.1) is 0 Å². The summed E-state index contributed by atoms with van der Waals surface area (Å²) in [5.74, 6) is -0.901. The smallest absolute Gasteiger partial charge is 0.337 e. The number of methoxy groups -OCH3 is 2. The first kappa shape index (κ1) is 24.5. The van der Waals surface area contributed by atoms with E-state index in [9.17, 15) is 18.0 Å². The second-order valence-electron chi connectivity index (χ2n) is 8.01. The summed E-state index contributed by atoms with van der Waals surface area (Å²) in [4.78, 5) is 27.2. The van der Waals surface area contributed by atoms with Crippen LogP contribution in [-0.2, 0) is 14.8 Å². The minimum absolute atomic E-state index is 0.130. The number of amides is 1. The van der Waals surface area contributed by atoms with Gasteiger partial charge in [0.25, 0.3) is 5.91 Å². The first-order chi connectivity index (χ1) is 15.7. The van der Waals surface area contributed by atoms with Crippen molar-refractivity contribution in [3.63, 3.8) is 0 Å². The van der Waals surface area contributed by atoms with E-state index in [2.05, 4.69) is 14.9 Å². The maximum absolute atomic E-state index is 13.1. The lowest BCUT2D eigenvalue weighted by molar-refractivity contribution is 0.0600. The van der Waals surface area contributed by atoms with Crippen LogP contribution >= 0.6 is 0 Å². The molecular formula is C23H29N3O6S. The van der Waals surface area contributed by atoms with Crippen molar-refractivity contribution in [1.29, 1.82) is 0 Å². The van der Waals surface area contributed by atoms with Gasteiger partial charge in [0.15, 0.2) is 0 Å². The molecule has 1 saturated heterocycles. The Morgan fingerprint density at radius 3 is 2.27 bits per heavy atom. The molecule has 10 heteroatoms. The predicted octanol–water partition coefficient (Wildman–Crippen LogP) is 3.02. The first-order valence-electron chi connectivity index (χ1n) is 10.7. The molecule has 0 saturated carbocycles. The van der Waals surface area contributed by atoms with Gasteiger partial charge in [-0.3, -0.25) is 4.79 Å². The maximum Gasteiger partial charge on any atom is 0.337 e. The number of esters is 1. The fourth-order valence-electron chi connectivity index (χ4n) is 3.71. The topological polar surface area (TPSA) is 114 Å². The van der Waals surface area contributed by atoms with Crippen LogP contribution < -0.4 is 19.7 Å². The molecule has 3 rings (SSSR count). The minimum atomic E-state index is -3.90. The highest BCUT2D eigenvalue weighted by atomic mass is 32.2. The first-order valence-corrected chi connectivity index (χ1v) is 12.1. The molecule has 9 nitrogen and oxygen atoms in total. The van der Waals surface area contributed by atoms with E-state index in [0.29, 0.717) is 11.3 Å². The third kappa shape index (κ3) is 5.63. The molecule has 2 aromatic rings. The monoisotopic (exact) mass is 475 g/mol. The zero-order chi connectivity index (χ0) is 24.2. The summed E-state index contributed by atoms with van der Waals surface area (Å²) in [5, 5.41) is 2.84. The van der Waals surface area contributed by atoms with Crippen molar-refractivity contribution < 1.29 is 27.5 Å². The lowest BCUT2D eigenvalue weighted by atomic mass is 10.1. The molecule has 178 valence electrons. The molecule has 33 heavy (non-hydrogen) atoms. The molecule has 0 atom stereocenters. The van der Waals surface area contributed by atoms with Crippen molar-refractivity contribution in [2.24, 2.45) is 0 Å². The number of hydrogen-bond donors (Lipinski definition) is 2. The standard InChI is InChI=1S/C23H29N3O6S/c1-15(2)25-33(29,30)21-14-16(8-10-20(21)31-3)22(27)24-18-13-17(23(28)32-4)7-9-19(18)26-11-5-6-12-26/h7-10,13-15,25H,5-6,11-12H2,1-4H3,(H,24,27). The van der Waals surface area contributed by atoms with Crippen LogP contribution in [0, 0.1) is 0 Å². The van der Waals surface area contributed by atoms with Gasteiger partial charge in [0, 0.05) is 24.7 Å². The predicted molar refractivity (Wildman–Crippen MR) is 126 cm³/mol. The van der Waals surface area contributed by atoms with Gasteiger partial charge in [-0.1, -0.05) is 0 Å². The molecule has 0 spiro atoms. The maximum atomic E-state index is 13.1. The van der Waals surface area contributed by atoms with Crippen LogP contribution in [-0.4, -0.2) is 53.6 Å². The molecule has 1 amide bonds. The highest BCUT2D eigenvalue weighted by Crippen LogP contribution is 2.31. The molecule has 1 heterocycles. The molecule has 1 aliphatic rings. The van der Waals surface area contributed by atoms with Gasteiger partial charge in [-0.2, -0.15) is 0 Å². The van der Waals surface area contributed by atoms with Crippen LogP contribution in [0.5, 0.6) is 5.75 Å². The molecule has 2 aromatic carbocycles. The van der Waals surface area contributed by atoms with Crippen LogP contribution in [0.3, 0.4) is 0 Å². The van der Waals surface area contributed by atoms with Crippen LogP contribution in [0.1, 0.15) is 47.4 Å². The number of carbonyl (C=O) groups is 2. The van der Waals surface area contributed by atoms with E-state index in [1.165, 1.54) is 32.4 Å². The van der Waals surface area contributed by atoms with Crippen LogP contribution in [0.4, 0.5) is 11.4 Å². The number of hydrogen-bond acceptors (Lipinski definition) is 7. The van der Waals surface area contributed by atoms with Gasteiger partial charge in [0.05, 0.1) is 31.2 Å². The number of nitrogens with one attached hydrogen (secondary N) is 2. The Labute approximate surface area is 194 Å². The summed E-state index contributed by atoms with van der Waals surface area (Å²) >= 11 is 0. The van der Waals surface area contributed by atoms with Gasteiger partial charge in [-0.05, 0) is 63.1 Å². The Kier molecular flexibility index (Phi) is 7.60. The Morgan fingerprint density at radius 2 is 1.67 bits per heavy atom. The van der Waals surface area contributed by atoms with Crippen molar-refractivity contribution in [3.05, 3.63) is 47.5 Å². The highest BCUT2D eigenvalue weighted by Gasteiger charge is 2.24. The highest BCUT2D eigenvalue weighted by molar-refractivity contribution is 7.89. The van der Waals surface area contributed by atoms with Crippen LogP contribution in [0.25, 0.3) is 0 Å². The summed E-state index contributed by atoms with van der Waals surface area (Å²) in [6.45, 7) is 5.09. The fraction of sp³-hybridized carbons (Fsp3) is 0.391. The molecule has 1 fully saturated rings. The number of rotatable bonds is 8. The lowest BCUT2D eigenvalue weighted by Gasteiger charge is -2.22. The summed E-state index contributed by atoms with van der Waals surface area (Å²) in [7, 11) is -1.24. The molecule has 0 bridgehead atoms. The minimum Gasteiger partial charge on any atom is -0.495 e. The number of benzene rings is 2. The van der Waals surface area contributed by atoms with Gasteiger partial charge in [0.2, 0.25) is 10.0 Å². The number of sulfonamides is 1. The normalized spacial score (nSPS) is 13.8. The number of ether oxygens (including phenoxy) is 2.